The molecule has 1 N–H and O–H groups in total. The molecule has 0 radical (unpaired) electrons. The van der Waals surface area contributed by atoms with Gasteiger partial charge < -0.3 is 10.2 Å². The van der Waals surface area contributed by atoms with Gasteiger partial charge in [0.25, 0.3) is 5.91 Å². The number of hydrogen-bond donors (Lipinski definition) is 1. The molecular weight excluding hydrogens is 593 g/mol. The van der Waals surface area contributed by atoms with Gasteiger partial charge in [0.05, 0.1) is 10.7 Å². The number of nitrogens with zero attached hydrogens (tertiary/aromatic N) is 4. The number of carbonyl (C=O) groups is 1. The van der Waals surface area contributed by atoms with Gasteiger partial charge in [0.1, 0.15) is 0 Å². The second kappa shape index (κ2) is 11.8. The normalized spacial score (nSPS) is 14.6. The van der Waals surface area contributed by atoms with Crippen molar-refractivity contribution in [1.29, 1.82) is 0 Å². The van der Waals surface area contributed by atoms with Crippen LogP contribution in [0.25, 0.3) is 11.3 Å². The smallest absolute Gasteiger partial charge is 0.255 e. The SMILES string of the molecule is Cc1ccc(NC(=O)c2ccc(CN3CCN(C)CC3)c(I)c2)cc1Cc1nc(-c2cccnc2)cs1. The second-order valence-corrected chi connectivity index (χ2v) is 11.6. The number of carbonyl (C=O) groups excluding carboxylic acids is 1. The summed E-state index contributed by atoms with van der Waals surface area (Å²) in [4.78, 5) is 26.9. The molecule has 0 spiro atoms. The zero-order valence-corrected chi connectivity index (χ0v) is 24.1. The first-order valence-electron chi connectivity index (χ1n) is 12.4. The highest BCUT2D eigenvalue weighted by atomic mass is 127. The molecule has 1 amide bonds. The minimum absolute atomic E-state index is 0.0908. The van der Waals surface area contributed by atoms with Crippen LogP contribution in [0.5, 0.6) is 0 Å². The number of thiazole rings is 1. The Bertz CT molecular complexity index is 1380. The van der Waals surface area contributed by atoms with Crippen molar-refractivity contribution < 1.29 is 4.79 Å². The highest BCUT2D eigenvalue weighted by Crippen LogP contribution is 2.25. The molecule has 0 unspecified atom stereocenters. The van der Waals surface area contributed by atoms with E-state index in [4.69, 9.17) is 4.98 Å². The molecule has 8 heteroatoms. The number of nitrogens with one attached hydrogen (secondary N) is 1. The number of aryl methyl sites for hydroxylation is 1. The molecule has 3 heterocycles. The van der Waals surface area contributed by atoms with Gasteiger partial charge in [-0.25, -0.2) is 4.98 Å². The molecule has 6 nitrogen and oxygen atoms in total. The summed E-state index contributed by atoms with van der Waals surface area (Å²) >= 11 is 4.00. The summed E-state index contributed by atoms with van der Waals surface area (Å²) in [6, 6.07) is 16.1. The maximum Gasteiger partial charge on any atom is 0.255 e. The fourth-order valence-electron chi connectivity index (χ4n) is 4.41. The van der Waals surface area contributed by atoms with Crippen LogP contribution < -0.4 is 5.32 Å². The number of amides is 1. The Morgan fingerprint density at radius 2 is 1.92 bits per heavy atom. The fourth-order valence-corrected chi connectivity index (χ4v) is 5.92. The summed E-state index contributed by atoms with van der Waals surface area (Å²) in [5.41, 5.74) is 7.04. The molecule has 0 aliphatic carbocycles. The van der Waals surface area contributed by atoms with Crippen molar-refractivity contribution >= 4 is 45.5 Å². The summed E-state index contributed by atoms with van der Waals surface area (Å²) in [6.45, 7) is 7.38. The summed E-state index contributed by atoms with van der Waals surface area (Å²) in [5, 5.41) is 6.20. The van der Waals surface area contributed by atoms with Crippen LogP contribution in [0, 0.1) is 10.5 Å². The Labute approximate surface area is 235 Å². The number of aromatic nitrogens is 2. The minimum Gasteiger partial charge on any atom is -0.322 e. The first-order chi connectivity index (χ1) is 17.9. The molecule has 1 aliphatic heterocycles. The Balaban J connectivity index is 1.24. The van der Waals surface area contributed by atoms with E-state index in [-0.39, 0.29) is 5.91 Å². The van der Waals surface area contributed by atoms with E-state index in [1.165, 1.54) is 11.1 Å². The third-order valence-corrected chi connectivity index (χ3v) is 8.62. The average molecular weight is 624 g/mol. The summed E-state index contributed by atoms with van der Waals surface area (Å²) in [7, 11) is 2.17. The number of benzene rings is 2. The number of rotatable bonds is 7. The maximum atomic E-state index is 13.1. The van der Waals surface area contributed by atoms with E-state index < -0.39 is 0 Å². The molecule has 2 aromatic carbocycles. The topological polar surface area (TPSA) is 61.4 Å². The Hall–Kier alpha value is -2.66. The number of anilines is 1. The van der Waals surface area contributed by atoms with E-state index in [0.717, 1.165) is 70.2 Å². The van der Waals surface area contributed by atoms with E-state index in [0.29, 0.717) is 5.56 Å². The van der Waals surface area contributed by atoms with Gasteiger partial charge in [-0.2, -0.15) is 0 Å². The lowest BCUT2D eigenvalue weighted by molar-refractivity contribution is 0.102. The van der Waals surface area contributed by atoms with E-state index in [1.807, 2.05) is 36.5 Å². The van der Waals surface area contributed by atoms with Crippen LogP contribution in [0.3, 0.4) is 0 Å². The predicted octanol–water partition coefficient (Wildman–Crippen LogP) is 5.71. The zero-order valence-electron chi connectivity index (χ0n) is 21.1. The summed E-state index contributed by atoms with van der Waals surface area (Å²) in [6.07, 6.45) is 4.32. The van der Waals surface area contributed by atoms with Gasteiger partial charge in [0.15, 0.2) is 0 Å². The largest absolute Gasteiger partial charge is 0.322 e. The average Bonchev–Trinajstić information content (AvgIpc) is 3.37. The van der Waals surface area contributed by atoms with Crippen molar-refractivity contribution in [2.45, 2.75) is 19.9 Å². The van der Waals surface area contributed by atoms with Gasteiger partial charge in [0, 0.05) is 77.3 Å². The fraction of sp³-hybridized carbons (Fsp3) is 0.276. The number of pyridine rings is 1. The predicted molar refractivity (Wildman–Crippen MR) is 159 cm³/mol. The van der Waals surface area contributed by atoms with Crippen molar-refractivity contribution in [2.24, 2.45) is 0 Å². The molecule has 1 saturated heterocycles. The molecule has 1 fully saturated rings. The lowest BCUT2D eigenvalue weighted by Gasteiger charge is -2.32. The third-order valence-electron chi connectivity index (χ3n) is 6.76. The maximum absolute atomic E-state index is 13.1. The number of piperazine rings is 1. The molecule has 2 aromatic heterocycles. The highest BCUT2D eigenvalue weighted by molar-refractivity contribution is 14.1. The van der Waals surface area contributed by atoms with E-state index >= 15 is 0 Å². The first-order valence-corrected chi connectivity index (χ1v) is 14.4. The molecule has 0 bridgehead atoms. The minimum atomic E-state index is -0.0908. The van der Waals surface area contributed by atoms with Crippen molar-refractivity contribution in [3.05, 3.63) is 97.1 Å². The second-order valence-electron chi connectivity index (χ2n) is 9.53. The molecule has 0 atom stereocenters. The van der Waals surface area contributed by atoms with Gasteiger partial charge in [-0.05, 0) is 89.7 Å². The standard InChI is InChI=1S/C29H30IN5OS/c1-20-5-8-25(14-24(20)16-28-33-27(19-37-28)22-4-3-9-31-17-22)32-29(36)21-6-7-23(26(30)15-21)18-35-12-10-34(2)11-13-35/h3-9,14-15,17,19H,10-13,16,18H2,1-2H3,(H,32,36). The van der Waals surface area contributed by atoms with E-state index in [9.17, 15) is 4.79 Å². The zero-order chi connectivity index (χ0) is 25.8. The quantitative estimate of drug-likeness (QED) is 0.268. The number of likely N-dealkylation sites (N-methyl/N-ethyl adjacent to an activating group) is 1. The van der Waals surface area contributed by atoms with Crippen molar-refractivity contribution in [3.63, 3.8) is 0 Å². The van der Waals surface area contributed by atoms with Gasteiger partial charge in [-0.3, -0.25) is 14.7 Å². The van der Waals surface area contributed by atoms with Crippen molar-refractivity contribution in [2.75, 3.05) is 38.5 Å². The van der Waals surface area contributed by atoms with Crippen LogP contribution in [-0.4, -0.2) is 58.9 Å². The Morgan fingerprint density at radius 3 is 2.68 bits per heavy atom. The molecule has 190 valence electrons. The number of hydrogen-bond acceptors (Lipinski definition) is 6. The molecular formula is C29H30IN5OS. The summed E-state index contributed by atoms with van der Waals surface area (Å²) < 4.78 is 1.13. The third kappa shape index (κ3) is 6.62. The molecule has 4 aromatic rings. The van der Waals surface area contributed by atoms with Crippen LogP contribution in [0.2, 0.25) is 0 Å². The Morgan fingerprint density at radius 1 is 1.08 bits per heavy atom. The van der Waals surface area contributed by atoms with Crippen molar-refractivity contribution in [1.82, 2.24) is 19.8 Å². The molecule has 5 rings (SSSR count). The molecule has 37 heavy (non-hydrogen) atoms. The first kappa shape index (κ1) is 26.0. The monoisotopic (exact) mass is 623 g/mol. The van der Waals surface area contributed by atoms with Crippen LogP contribution in [0.15, 0.2) is 66.3 Å². The van der Waals surface area contributed by atoms with Gasteiger partial charge in [-0.1, -0.05) is 12.1 Å². The van der Waals surface area contributed by atoms with Crippen molar-refractivity contribution in [3.8, 4) is 11.3 Å². The van der Waals surface area contributed by atoms with E-state index in [1.54, 1.807) is 17.5 Å². The van der Waals surface area contributed by atoms with Gasteiger partial charge >= 0.3 is 0 Å². The lowest BCUT2D eigenvalue weighted by atomic mass is 10.0. The van der Waals surface area contributed by atoms with Crippen LogP contribution >= 0.6 is 33.9 Å². The van der Waals surface area contributed by atoms with E-state index in [2.05, 4.69) is 80.2 Å². The van der Waals surface area contributed by atoms with Crippen LogP contribution in [0.4, 0.5) is 5.69 Å². The van der Waals surface area contributed by atoms with Crippen LogP contribution in [0.1, 0.15) is 32.1 Å². The molecule has 0 saturated carbocycles. The Kier molecular flexibility index (Phi) is 8.29. The summed E-state index contributed by atoms with van der Waals surface area (Å²) in [5.74, 6) is -0.0908. The number of halogens is 1. The van der Waals surface area contributed by atoms with Crippen LogP contribution in [-0.2, 0) is 13.0 Å². The van der Waals surface area contributed by atoms with Gasteiger partial charge in [0.2, 0.25) is 0 Å². The highest BCUT2D eigenvalue weighted by Gasteiger charge is 2.16. The molecule has 1 aliphatic rings. The lowest BCUT2D eigenvalue weighted by Crippen LogP contribution is -2.44. The van der Waals surface area contributed by atoms with Gasteiger partial charge in [-0.15, -0.1) is 11.3 Å².